The highest BCUT2D eigenvalue weighted by atomic mass is 16.6. The lowest BCUT2D eigenvalue weighted by atomic mass is 10.2. The average Bonchev–Trinajstić information content (AvgIpc) is 2.43. The number of benzene rings is 1. The van der Waals surface area contributed by atoms with Crippen molar-refractivity contribution in [3.8, 4) is 6.07 Å². The summed E-state index contributed by atoms with van der Waals surface area (Å²) in [5.41, 5.74) is 1.57. The van der Waals surface area contributed by atoms with Crippen molar-refractivity contribution >= 4 is 11.7 Å². The summed E-state index contributed by atoms with van der Waals surface area (Å²) in [6.07, 6.45) is 0. The maximum Gasteiger partial charge on any atom is 0.332 e. The molecule has 0 aliphatic heterocycles. The van der Waals surface area contributed by atoms with Gasteiger partial charge in [-0.1, -0.05) is 6.07 Å². The molecule has 0 unspecified atom stereocenters. The number of hydrogen-bond donors (Lipinski definition) is 0. The number of nitriles is 1. The van der Waals surface area contributed by atoms with Crippen molar-refractivity contribution in [2.24, 2.45) is 0 Å². The molecule has 0 fully saturated rings. The maximum absolute atomic E-state index is 11.0. The Morgan fingerprint density at radius 3 is 2.95 bits per heavy atom. The molecule has 0 saturated carbocycles. The Morgan fingerprint density at radius 2 is 2.26 bits per heavy atom. The summed E-state index contributed by atoms with van der Waals surface area (Å²) in [4.78, 5) is 13.0. The Bertz CT molecular complexity index is 454. The molecule has 102 valence electrons. The minimum atomic E-state index is -0.350. The van der Waals surface area contributed by atoms with Gasteiger partial charge >= 0.3 is 5.97 Å². The van der Waals surface area contributed by atoms with Crippen LogP contribution in [0.4, 0.5) is 5.69 Å². The summed E-state index contributed by atoms with van der Waals surface area (Å²) in [5.74, 6) is -0.350. The van der Waals surface area contributed by atoms with Crippen LogP contribution < -0.4 is 4.90 Å². The molecule has 0 spiro atoms. The molecule has 5 nitrogen and oxygen atoms in total. The normalized spacial score (nSPS) is 9.74. The summed E-state index contributed by atoms with van der Waals surface area (Å²) in [7, 11) is 1.91. The molecule has 0 saturated heterocycles. The second-order valence-electron chi connectivity index (χ2n) is 3.94. The van der Waals surface area contributed by atoms with E-state index in [1.165, 1.54) is 0 Å². The fraction of sp³-hybridized carbons (Fsp3) is 0.429. The fourth-order valence-electron chi connectivity index (χ4n) is 1.50. The topological polar surface area (TPSA) is 62.6 Å². The van der Waals surface area contributed by atoms with Crippen LogP contribution in [0.2, 0.25) is 0 Å². The van der Waals surface area contributed by atoms with Crippen molar-refractivity contribution in [3.05, 3.63) is 29.8 Å². The van der Waals surface area contributed by atoms with Gasteiger partial charge in [0.2, 0.25) is 0 Å². The second-order valence-corrected chi connectivity index (χ2v) is 3.94. The van der Waals surface area contributed by atoms with Gasteiger partial charge in [-0.2, -0.15) is 5.26 Å². The molecule has 1 rings (SSSR count). The predicted molar refractivity (Wildman–Crippen MR) is 71.9 cm³/mol. The molecule has 0 atom stereocenters. The van der Waals surface area contributed by atoms with Gasteiger partial charge in [-0.3, -0.25) is 0 Å². The van der Waals surface area contributed by atoms with E-state index in [4.69, 9.17) is 14.7 Å². The van der Waals surface area contributed by atoms with E-state index >= 15 is 0 Å². The first-order chi connectivity index (χ1) is 9.17. The van der Waals surface area contributed by atoms with Gasteiger partial charge in [0, 0.05) is 19.3 Å². The van der Waals surface area contributed by atoms with Crippen LogP contribution in [-0.2, 0) is 14.3 Å². The molecule has 0 aromatic heterocycles. The largest absolute Gasteiger partial charge is 0.464 e. The van der Waals surface area contributed by atoms with E-state index in [1.54, 1.807) is 13.0 Å². The van der Waals surface area contributed by atoms with Crippen molar-refractivity contribution in [2.75, 3.05) is 38.3 Å². The first kappa shape index (κ1) is 15.0. The molecule has 0 heterocycles. The lowest BCUT2D eigenvalue weighted by molar-refractivity contribution is -0.148. The number of nitrogens with zero attached hydrogens (tertiary/aromatic N) is 2. The van der Waals surface area contributed by atoms with Crippen molar-refractivity contribution in [1.82, 2.24) is 0 Å². The van der Waals surface area contributed by atoms with Crippen LogP contribution in [0.1, 0.15) is 12.5 Å². The average molecular weight is 262 g/mol. The Labute approximate surface area is 113 Å². The van der Waals surface area contributed by atoms with E-state index in [1.807, 2.05) is 30.1 Å². The summed E-state index contributed by atoms with van der Waals surface area (Å²) in [5, 5.41) is 8.82. The van der Waals surface area contributed by atoms with E-state index in [0.29, 0.717) is 25.3 Å². The van der Waals surface area contributed by atoms with Crippen LogP contribution in [0, 0.1) is 11.3 Å². The first-order valence-corrected chi connectivity index (χ1v) is 6.12. The second kappa shape index (κ2) is 8.11. The van der Waals surface area contributed by atoms with Crippen molar-refractivity contribution in [1.29, 1.82) is 5.26 Å². The predicted octanol–water partition coefficient (Wildman–Crippen LogP) is 1.57. The molecular formula is C14H18N2O3. The van der Waals surface area contributed by atoms with E-state index in [0.717, 1.165) is 5.69 Å². The molecular weight excluding hydrogens is 244 g/mol. The summed E-state index contributed by atoms with van der Waals surface area (Å²) in [6, 6.07) is 9.43. The van der Waals surface area contributed by atoms with Gasteiger partial charge in [0.25, 0.3) is 0 Å². The van der Waals surface area contributed by atoms with Crippen molar-refractivity contribution in [2.45, 2.75) is 6.92 Å². The SMILES string of the molecule is CCOC(=O)COCCN(C)c1cccc(C#N)c1. The molecule has 0 aliphatic rings. The summed E-state index contributed by atoms with van der Waals surface area (Å²) in [6.45, 7) is 3.15. The lowest BCUT2D eigenvalue weighted by Gasteiger charge is -2.19. The number of carbonyl (C=O) groups is 1. The van der Waals surface area contributed by atoms with Crippen LogP contribution in [0.3, 0.4) is 0 Å². The van der Waals surface area contributed by atoms with Crippen LogP contribution in [0.15, 0.2) is 24.3 Å². The fourth-order valence-corrected chi connectivity index (χ4v) is 1.50. The molecule has 5 heteroatoms. The first-order valence-electron chi connectivity index (χ1n) is 6.12. The third kappa shape index (κ3) is 5.40. The zero-order valence-electron chi connectivity index (χ0n) is 11.3. The highest BCUT2D eigenvalue weighted by Gasteiger charge is 2.04. The number of anilines is 1. The van der Waals surface area contributed by atoms with Gasteiger partial charge < -0.3 is 14.4 Å². The van der Waals surface area contributed by atoms with Crippen LogP contribution in [0.25, 0.3) is 0 Å². The number of esters is 1. The smallest absolute Gasteiger partial charge is 0.332 e. The minimum absolute atomic E-state index is 0.0279. The number of hydrogen-bond acceptors (Lipinski definition) is 5. The highest BCUT2D eigenvalue weighted by Crippen LogP contribution is 2.13. The number of likely N-dealkylation sites (N-methyl/N-ethyl adjacent to an activating group) is 1. The summed E-state index contributed by atoms with van der Waals surface area (Å²) < 4.78 is 9.97. The number of ether oxygens (including phenoxy) is 2. The molecule has 0 N–H and O–H groups in total. The number of carbonyl (C=O) groups excluding carboxylic acids is 1. The Hall–Kier alpha value is -2.06. The van der Waals surface area contributed by atoms with Gasteiger partial charge in [-0.25, -0.2) is 4.79 Å². The molecule has 0 radical (unpaired) electrons. The van der Waals surface area contributed by atoms with Crippen LogP contribution in [-0.4, -0.2) is 39.4 Å². The number of rotatable bonds is 7. The van der Waals surface area contributed by atoms with Crippen molar-refractivity contribution in [3.63, 3.8) is 0 Å². The maximum atomic E-state index is 11.0. The van der Waals surface area contributed by atoms with Gasteiger partial charge in [0.15, 0.2) is 0 Å². The van der Waals surface area contributed by atoms with Gasteiger partial charge in [-0.05, 0) is 25.1 Å². The Morgan fingerprint density at radius 1 is 1.47 bits per heavy atom. The zero-order valence-corrected chi connectivity index (χ0v) is 11.3. The molecule has 19 heavy (non-hydrogen) atoms. The van der Waals surface area contributed by atoms with E-state index in [-0.39, 0.29) is 12.6 Å². The molecule has 0 aliphatic carbocycles. The van der Waals surface area contributed by atoms with Gasteiger partial charge in [0.05, 0.1) is 24.8 Å². The zero-order chi connectivity index (χ0) is 14.1. The molecule has 0 bridgehead atoms. The highest BCUT2D eigenvalue weighted by molar-refractivity contribution is 5.70. The third-order valence-corrected chi connectivity index (χ3v) is 2.51. The monoisotopic (exact) mass is 262 g/mol. The molecule has 0 amide bonds. The molecule has 1 aromatic rings. The quantitative estimate of drug-likeness (QED) is 0.551. The van der Waals surface area contributed by atoms with Gasteiger partial charge in [0.1, 0.15) is 6.61 Å². The molecule has 1 aromatic carbocycles. The Balaban J connectivity index is 2.33. The van der Waals surface area contributed by atoms with Crippen molar-refractivity contribution < 1.29 is 14.3 Å². The minimum Gasteiger partial charge on any atom is -0.464 e. The van der Waals surface area contributed by atoms with E-state index in [9.17, 15) is 4.79 Å². The van der Waals surface area contributed by atoms with Crippen LogP contribution in [0.5, 0.6) is 0 Å². The standard InChI is InChI=1S/C14H18N2O3/c1-3-19-14(17)11-18-8-7-16(2)13-6-4-5-12(9-13)10-15/h4-6,9H,3,7-8,11H2,1-2H3. The Kier molecular flexibility index (Phi) is 6.41. The van der Waals surface area contributed by atoms with Crippen LogP contribution >= 0.6 is 0 Å². The van der Waals surface area contributed by atoms with E-state index < -0.39 is 0 Å². The lowest BCUT2D eigenvalue weighted by Crippen LogP contribution is -2.24. The summed E-state index contributed by atoms with van der Waals surface area (Å²) >= 11 is 0. The van der Waals surface area contributed by atoms with Gasteiger partial charge in [-0.15, -0.1) is 0 Å². The third-order valence-electron chi connectivity index (χ3n) is 2.51. The van der Waals surface area contributed by atoms with E-state index in [2.05, 4.69) is 6.07 Å².